The highest BCUT2D eigenvalue weighted by Gasteiger charge is 2.42. The fraction of sp³-hybridized carbons (Fsp3) is 0.650. The Bertz CT molecular complexity index is 692. The molecule has 7 nitrogen and oxygen atoms in total. The average Bonchev–Trinajstić information content (AvgIpc) is 3.14. The molecule has 1 spiro atoms. The first-order valence-corrected chi connectivity index (χ1v) is 10.9. The Morgan fingerprint density at radius 2 is 1.89 bits per heavy atom. The summed E-state index contributed by atoms with van der Waals surface area (Å²) in [5, 5.41) is 0.777. The zero-order valence-corrected chi connectivity index (χ0v) is 17.5. The van der Waals surface area contributed by atoms with Gasteiger partial charge in [0.1, 0.15) is 11.6 Å². The van der Waals surface area contributed by atoms with Gasteiger partial charge in [0.15, 0.2) is 0 Å². The molecule has 3 rings (SSSR count). The normalized spacial score (nSPS) is 18.6. The minimum Gasteiger partial charge on any atom is -0.382 e. The molecule has 0 aliphatic carbocycles. The lowest BCUT2D eigenvalue weighted by Crippen LogP contribution is -2.45. The molecule has 1 aromatic heterocycles. The van der Waals surface area contributed by atoms with Crippen LogP contribution in [0.1, 0.15) is 29.6 Å². The molecule has 2 aliphatic rings. The molecule has 2 aliphatic heterocycles. The van der Waals surface area contributed by atoms with E-state index in [0.717, 1.165) is 50.5 Å². The number of hydrogen-bond acceptors (Lipinski definition) is 6. The number of thioether (sulfide) groups is 1. The first-order chi connectivity index (χ1) is 13.6. The molecular formula is C20H29N3O4S. The molecule has 2 amide bonds. The number of pyridine rings is 1. The zero-order valence-electron chi connectivity index (χ0n) is 16.7. The number of nitrogens with zero attached hydrogens (tertiary/aromatic N) is 3. The first kappa shape index (κ1) is 21.1. The van der Waals surface area contributed by atoms with Gasteiger partial charge in [0, 0.05) is 39.5 Å². The molecule has 0 saturated carbocycles. The second kappa shape index (κ2) is 9.71. The Morgan fingerprint density at radius 3 is 2.57 bits per heavy atom. The van der Waals surface area contributed by atoms with Crippen LogP contribution in [0.15, 0.2) is 23.4 Å². The number of carbonyl (C=O) groups is 2. The van der Waals surface area contributed by atoms with Crippen LogP contribution in [0.25, 0.3) is 0 Å². The van der Waals surface area contributed by atoms with Crippen LogP contribution in [0.4, 0.5) is 0 Å². The average molecular weight is 408 g/mol. The standard InChI is InChI=1S/C20H29N3O4S/c1-26-12-13-27-14-17(24)23-11-7-20(15-23)5-9-22(10-6-20)19(25)16-4-3-8-21-18(16)28-2/h3-4,8H,5-7,9-15H2,1-2H3. The van der Waals surface area contributed by atoms with E-state index in [0.29, 0.717) is 18.8 Å². The molecule has 8 heteroatoms. The van der Waals surface area contributed by atoms with E-state index in [1.807, 2.05) is 28.2 Å². The highest BCUT2D eigenvalue weighted by Crippen LogP contribution is 2.40. The second-order valence-corrected chi connectivity index (χ2v) is 8.26. The van der Waals surface area contributed by atoms with E-state index >= 15 is 0 Å². The molecule has 1 aromatic rings. The molecule has 154 valence electrons. The Kier molecular flexibility index (Phi) is 7.31. The van der Waals surface area contributed by atoms with Gasteiger partial charge in [-0.05, 0) is 43.1 Å². The highest BCUT2D eigenvalue weighted by molar-refractivity contribution is 7.98. The van der Waals surface area contributed by atoms with E-state index in [2.05, 4.69) is 4.98 Å². The minimum absolute atomic E-state index is 0.0476. The number of amides is 2. The third-order valence-corrected chi connectivity index (χ3v) is 6.47. The summed E-state index contributed by atoms with van der Waals surface area (Å²) in [5.41, 5.74) is 0.818. The molecule has 2 fully saturated rings. The van der Waals surface area contributed by atoms with Gasteiger partial charge < -0.3 is 19.3 Å². The van der Waals surface area contributed by atoms with Crippen LogP contribution in [0, 0.1) is 5.41 Å². The van der Waals surface area contributed by atoms with E-state index in [1.165, 1.54) is 11.8 Å². The van der Waals surface area contributed by atoms with Crippen LogP contribution < -0.4 is 0 Å². The van der Waals surface area contributed by atoms with Gasteiger partial charge in [-0.1, -0.05) is 0 Å². The molecule has 0 unspecified atom stereocenters. The van der Waals surface area contributed by atoms with Crippen LogP contribution in [-0.2, 0) is 14.3 Å². The van der Waals surface area contributed by atoms with Crippen LogP contribution in [-0.4, -0.2) is 86.0 Å². The summed E-state index contributed by atoms with van der Waals surface area (Å²) in [6.45, 7) is 4.05. The number of carbonyl (C=O) groups excluding carboxylic acids is 2. The molecule has 0 bridgehead atoms. The lowest BCUT2D eigenvalue weighted by molar-refractivity contribution is -0.136. The lowest BCUT2D eigenvalue weighted by atomic mass is 9.77. The van der Waals surface area contributed by atoms with Gasteiger partial charge >= 0.3 is 0 Å². The number of ether oxygens (including phenoxy) is 2. The molecular weight excluding hydrogens is 378 g/mol. The lowest BCUT2D eigenvalue weighted by Gasteiger charge is -2.39. The van der Waals surface area contributed by atoms with Gasteiger partial charge in [-0.15, -0.1) is 11.8 Å². The molecule has 3 heterocycles. The maximum Gasteiger partial charge on any atom is 0.256 e. The largest absolute Gasteiger partial charge is 0.382 e. The monoisotopic (exact) mass is 407 g/mol. The van der Waals surface area contributed by atoms with E-state index in [-0.39, 0.29) is 23.8 Å². The predicted octanol–water partition coefficient (Wildman–Crippen LogP) is 1.92. The highest BCUT2D eigenvalue weighted by atomic mass is 32.2. The number of rotatable bonds is 7. The summed E-state index contributed by atoms with van der Waals surface area (Å²) < 4.78 is 10.3. The van der Waals surface area contributed by atoms with Gasteiger partial charge in [-0.2, -0.15) is 0 Å². The van der Waals surface area contributed by atoms with Crippen molar-refractivity contribution in [2.45, 2.75) is 24.3 Å². The predicted molar refractivity (Wildman–Crippen MR) is 107 cm³/mol. The fourth-order valence-electron chi connectivity index (χ4n) is 4.02. The van der Waals surface area contributed by atoms with E-state index in [4.69, 9.17) is 9.47 Å². The van der Waals surface area contributed by atoms with Gasteiger partial charge in [-0.25, -0.2) is 4.98 Å². The fourth-order valence-corrected chi connectivity index (χ4v) is 4.56. The first-order valence-electron chi connectivity index (χ1n) is 9.71. The second-order valence-electron chi connectivity index (χ2n) is 7.46. The molecule has 0 radical (unpaired) electrons. The van der Waals surface area contributed by atoms with Crippen molar-refractivity contribution in [2.75, 3.05) is 59.4 Å². The molecule has 0 aromatic carbocycles. The van der Waals surface area contributed by atoms with Crippen molar-refractivity contribution in [2.24, 2.45) is 5.41 Å². The SMILES string of the molecule is COCCOCC(=O)N1CCC2(CCN(C(=O)c3cccnc3SC)CC2)C1. The summed E-state index contributed by atoms with van der Waals surface area (Å²) in [5.74, 6) is 0.108. The molecule has 0 atom stereocenters. The van der Waals surface area contributed by atoms with Gasteiger partial charge in [0.2, 0.25) is 5.91 Å². The minimum atomic E-state index is 0.0476. The maximum absolute atomic E-state index is 12.9. The molecule has 0 N–H and O–H groups in total. The van der Waals surface area contributed by atoms with Crippen molar-refractivity contribution in [3.8, 4) is 0 Å². The van der Waals surface area contributed by atoms with Gasteiger partial charge in [-0.3, -0.25) is 9.59 Å². The van der Waals surface area contributed by atoms with Crippen molar-refractivity contribution in [1.29, 1.82) is 0 Å². The summed E-state index contributed by atoms with van der Waals surface area (Å²) >= 11 is 1.50. The van der Waals surface area contributed by atoms with Crippen LogP contribution in [0.5, 0.6) is 0 Å². The van der Waals surface area contributed by atoms with Gasteiger partial charge in [0.25, 0.3) is 5.91 Å². The van der Waals surface area contributed by atoms with E-state index in [9.17, 15) is 9.59 Å². The molecule has 28 heavy (non-hydrogen) atoms. The number of likely N-dealkylation sites (tertiary alicyclic amines) is 2. The van der Waals surface area contributed by atoms with Crippen molar-refractivity contribution in [1.82, 2.24) is 14.8 Å². The third kappa shape index (κ3) is 4.85. The van der Waals surface area contributed by atoms with Gasteiger partial charge in [0.05, 0.1) is 18.8 Å². The maximum atomic E-state index is 12.9. The van der Waals surface area contributed by atoms with E-state index < -0.39 is 0 Å². The Labute approximate surface area is 170 Å². The van der Waals surface area contributed by atoms with Crippen molar-refractivity contribution in [3.63, 3.8) is 0 Å². The van der Waals surface area contributed by atoms with Crippen molar-refractivity contribution < 1.29 is 19.1 Å². The Balaban J connectivity index is 1.51. The van der Waals surface area contributed by atoms with E-state index in [1.54, 1.807) is 13.3 Å². The number of methoxy groups -OCH3 is 1. The topological polar surface area (TPSA) is 72.0 Å². The van der Waals surface area contributed by atoms with Crippen molar-refractivity contribution >= 4 is 23.6 Å². The van der Waals surface area contributed by atoms with Crippen LogP contribution >= 0.6 is 11.8 Å². The molecule has 2 saturated heterocycles. The summed E-state index contributed by atoms with van der Waals surface area (Å²) in [6, 6.07) is 3.67. The third-order valence-electron chi connectivity index (χ3n) is 5.75. The summed E-state index contributed by atoms with van der Waals surface area (Å²) in [6.07, 6.45) is 6.52. The Hall–Kier alpha value is -1.64. The smallest absolute Gasteiger partial charge is 0.256 e. The summed E-state index contributed by atoms with van der Waals surface area (Å²) in [7, 11) is 1.61. The number of aromatic nitrogens is 1. The summed E-state index contributed by atoms with van der Waals surface area (Å²) in [4.78, 5) is 33.4. The van der Waals surface area contributed by atoms with Crippen LogP contribution in [0.3, 0.4) is 0 Å². The van der Waals surface area contributed by atoms with Crippen LogP contribution in [0.2, 0.25) is 0 Å². The quantitative estimate of drug-likeness (QED) is 0.508. The zero-order chi connectivity index (χ0) is 20.0. The number of piperidine rings is 1. The number of hydrogen-bond donors (Lipinski definition) is 0. The Morgan fingerprint density at radius 1 is 1.18 bits per heavy atom. The van der Waals surface area contributed by atoms with Crippen molar-refractivity contribution in [3.05, 3.63) is 23.9 Å².